The van der Waals surface area contributed by atoms with Gasteiger partial charge in [-0.1, -0.05) is 12.1 Å². The van der Waals surface area contributed by atoms with Gasteiger partial charge >= 0.3 is 0 Å². The van der Waals surface area contributed by atoms with Gasteiger partial charge in [0.25, 0.3) is 0 Å². The van der Waals surface area contributed by atoms with Crippen molar-refractivity contribution in [1.82, 2.24) is 15.0 Å². The first-order chi connectivity index (χ1) is 10.2. The quantitative estimate of drug-likeness (QED) is 0.738. The maximum Gasteiger partial charge on any atom is 0.143 e. The summed E-state index contributed by atoms with van der Waals surface area (Å²) >= 11 is 0. The molecule has 3 aromatic rings. The van der Waals surface area contributed by atoms with Gasteiger partial charge in [0.05, 0.1) is 22.6 Å². The van der Waals surface area contributed by atoms with Crippen molar-refractivity contribution in [3.05, 3.63) is 60.4 Å². The van der Waals surface area contributed by atoms with E-state index in [1.165, 1.54) is 12.4 Å². The summed E-state index contributed by atoms with van der Waals surface area (Å²) in [7, 11) is 1.88. The molecular weight excluding hydrogens is 267 g/mol. The van der Waals surface area contributed by atoms with Crippen molar-refractivity contribution in [3.8, 4) is 0 Å². The average Bonchev–Trinajstić information content (AvgIpc) is 2.54. The first kappa shape index (κ1) is 13.4. The van der Waals surface area contributed by atoms with Gasteiger partial charge in [-0.3, -0.25) is 4.98 Å². The van der Waals surface area contributed by atoms with Gasteiger partial charge in [0.1, 0.15) is 18.0 Å². The van der Waals surface area contributed by atoms with E-state index in [1.807, 2.05) is 37.1 Å². The number of hydrogen-bond donors (Lipinski definition) is 0. The van der Waals surface area contributed by atoms with E-state index in [0.717, 1.165) is 5.69 Å². The molecule has 1 unspecified atom stereocenters. The minimum atomic E-state index is -0.317. The van der Waals surface area contributed by atoms with Crippen LogP contribution in [-0.2, 0) is 0 Å². The summed E-state index contributed by atoms with van der Waals surface area (Å²) in [4.78, 5) is 14.6. The normalized spacial score (nSPS) is 12.3. The van der Waals surface area contributed by atoms with E-state index < -0.39 is 0 Å². The van der Waals surface area contributed by atoms with Gasteiger partial charge < -0.3 is 4.90 Å². The molecule has 21 heavy (non-hydrogen) atoms. The third-order valence-electron chi connectivity index (χ3n) is 3.62. The summed E-state index contributed by atoms with van der Waals surface area (Å²) in [5.41, 5.74) is 1.50. The average molecular weight is 282 g/mol. The van der Waals surface area contributed by atoms with Crippen LogP contribution in [-0.4, -0.2) is 22.0 Å². The predicted octanol–water partition coefficient (Wildman–Crippen LogP) is 3.36. The Morgan fingerprint density at radius 2 is 1.90 bits per heavy atom. The molecule has 3 rings (SSSR count). The Balaban J connectivity index is 2.08. The number of aromatic nitrogens is 3. The minimum Gasteiger partial charge on any atom is -0.351 e. The van der Waals surface area contributed by atoms with E-state index >= 15 is 0 Å². The van der Waals surface area contributed by atoms with E-state index in [9.17, 15) is 4.39 Å². The molecule has 0 saturated carbocycles. The highest BCUT2D eigenvalue weighted by molar-refractivity contribution is 5.89. The van der Waals surface area contributed by atoms with Gasteiger partial charge in [0.2, 0.25) is 0 Å². The standard InChI is InChI=1S/C16H15FN4/c1-11(13-7-3-4-9-18-13)21(2)16-15-12(17)6-5-8-14(15)19-10-20-16/h3-11H,1-2H3. The van der Waals surface area contributed by atoms with Crippen LogP contribution in [0.4, 0.5) is 10.2 Å². The van der Waals surface area contributed by atoms with Crippen molar-refractivity contribution in [2.75, 3.05) is 11.9 Å². The summed E-state index contributed by atoms with van der Waals surface area (Å²) in [5.74, 6) is 0.249. The number of halogens is 1. The lowest BCUT2D eigenvalue weighted by Crippen LogP contribution is -2.24. The van der Waals surface area contributed by atoms with Crippen LogP contribution in [0.3, 0.4) is 0 Å². The van der Waals surface area contributed by atoms with E-state index in [0.29, 0.717) is 16.7 Å². The fraction of sp³-hybridized carbons (Fsp3) is 0.188. The molecule has 2 aromatic heterocycles. The number of pyridine rings is 1. The molecule has 0 saturated heterocycles. The molecule has 0 amide bonds. The predicted molar refractivity (Wildman–Crippen MR) is 80.6 cm³/mol. The number of hydrogen-bond acceptors (Lipinski definition) is 4. The maximum atomic E-state index is 14.2. The SMILES string of the molecule is CC(c1ccccn1)N(C)c1ncnc2cccc(F)c12. The van der Waals surface area contributed by atoms with E-state index in [-0.39, 0.29) is 11.9 Å². The number of nitrogens with zero attached hydrogens (tertiary/aromatic N) is 4. The summed E-state index contributed by atoms with van der Waals surface area (Å²) < 4.78 is 14.2. The van der Waals surface area contributed by atoms with Crippen LogP contribution in [0.5, 0.6) is 0 Å². The number of rotatable bonds is 3. The third kappa shape index (κ3) is 2.42. The zero-order valence-corrected chi connectivity index (χ0v) is 11.9. The number of anilines is 1. The molecule has 0 spiro atoms. The van der Waals surface area contributed by atoms with Crippen molar-refractivity contribution in [2.45, 2.75) is 13.0 Å². The molecule has 4 nitrogen and oxygen atoms in total. The van der Waals surface area contributed by atoms with E-state index in [4.69, 9.17) is 0 Å². The molecule has 0 radical (unpaired) electrons. The van der Waals surface area contributed by atoms with Crippen LogP contribution in [0.25, 0.3) is 10.9 Å². The van der Waals surface area contributed by atoms with Crippen molar-refractivity contribution in [2.24, 2.45) is 0 Å². The van der Waals surface area contributed by atoms with Crippen molar-refractivity contribution in [1.29, 1.82) is 0 Å². The Bertz CT molecular complexity index is 755. The van der Waals surface area contributed by atoms with Crippen molar-refractivity contribution in [3.63, 3.8) is 0 Å². The first-order valence-electron chi connectivity index (χ1n) is 6.71. The second kappa shape index (κ2) is 5.44. The molecular formula is C16H15FN4. The van der Waals surface area contributed by atoms with Crippen LogP contribution in [0.1, 0.15) is 18.7 Å². The Labute approximate surface area is 122 Å². The smallest absolute Gasteiger partial charge is 0.143 e. The molecule has 0 aliphatic rings. The zero-order valence-electron chi connectivity index (χ0n) is 11.9. The van der Waals surface area contributed by atoms with Crippen LogP contribution >= 0.6 is 0 Å². The molecule has 0 fully saturated rings. The van der Waals surface area contributed by atoms with Crippen molar-refractivity contribution < 1.29 is 4.39 Å². The fourth-order valence-electron chi connectivity index (χ4n) is 2.32. The highest BCUT2D eigenvalue weighted by Crippen LogP contribution is 2.29. The first-order valence-corrected chi connectivity index (χ1v) is 6.71. The third-order valence-corrected chi connectivity index (χ3v) is 3.62. The maximum absolute atomic E-state index is 14.2. The van der Waals surface area contributed by atoms with Gasteiger partial charge in [-0.25, -0.2) is 14.4 Å². The lowest BCUT2D eigenvalue weighted by molar-refractivity contribution is 0.636. The lowest BCUT2D eigenvalue weighted by Gasteiger charge is -2.26. The zero-order chi connectivity index (χ0) is 14.8. The monoisotopic (exact) mass is 282 g/mol. The molecule has 0 bridgehead atoms. The molecule has 1 aromatic carbocycles. The van der Waals surface area contributed by atoms with Gasteiger partial charge in [-0.05, 0) is 31.2 Å². The number of fused-ring (bicyclic) bond motifs is 1. The fourth-order valence-corrected chi connectivity index (χ4v) is 2.32. The molecule has 1 atom stereocenters. The van der Waals surface area contributed by atoms with Gasteiger partial charge in [0, 0.05) is 13.2 Å². The Morgan fingerprint density at radius 3 is 2.67 bits per heavy atom. The molecule has 0 aliphatic carbocycles. The lowest BCUT2D eigenvalue weighted by atomic mass is 10.1. The second-order valence-electron chi connectivity index (χ2n) is 4.87. The summed E-state index contributed by atoms with van der Waals surface area (Å²) in [5, 5.41) is 0.435. The van der Waals surface area contributed by atoms with Crippen molar-refractivity contribution >= 4 is 16.7 Å². The molecule has 5 heteroatoms. The summed E-state index contributed by atoms with van der Waals surface area (Å²) in [6.07, 6.45) is 3.21. The second-order valence-corrected chi connectivity index (χ2v) is 4.87. The van der Waals surface area contributed by atoms with E-state index in [2.05, 4.69) is 15.0 Å². The largest absolute Gasteiger partial charge is 0.351 e. The Hall–Kier alpha value is -2.56. The highest BCUT2D eigenvalue weighted by atomic mass is 19.1. The summed E-state index contributed by atoms with van der Waals surface area (Å²) in [6.45, 7) is 2.01. The van der Waals surface area contributed by atoms with Crippen LogP contribution in [0.2, 0.25) is 0 Å². The van der Waals surface area contributed by atoms with Gasteiger partial charge in [0.15, 0.2) is 0 Å². The highest BCUT2D eigenvalue weighted by Gasteiger charge is 2.18. The topological polar surface area (TPSA) is 41.9 Å². The van der Waals surface area contributed by atoms with Crippen LogP contribution < -0.4 is 4.90 Å². The van der Waals surface area contributed by atoms with Gasteiger partial charge in [-0.15, -0.1) is 0 Å². The van der Waals surface area contributed by atoms with Crippen LogP contribution in [0, 0.1) is 5.82 Å². The van der Waals surface area contributed by atoms with E-state index in [1.54, 1.807) is 18.3 Å². The molecule has 0 aliphatic heterocycles. The van der Waals surface area contributed by atoms with Crippen LogP contribution in [0.15, 0.2) is 48.9 Å². The molecule has 106 valence electrons. The summed E-state index contributed by atoms with van der Waals surface area (Å²) in [6, 6.07) is 10.6. The molecule has 0 N–H and O–H groups in total. The Kier molecular flexibility index (Phi) is 3.48. The molecule has 2 heterocycles. The van der Waals surface area contributed by atoms with Gasteiger partial charge in [-0.2, -0.15) is 0 Å². The number of benzene rings is 1. The minimum absolute atomic E-state index is 0.0242. The Morgan fingerprint density at radius 1 is 1.05 bits per heavy atom.